The maximum atomic E-state index is 11.3. The van der Waals surface area contributed by atoms with Crippen LogP contribution < -0.4 is 0 Å². The largest absolute Gasteiger partial charge is 0.428 e. The van der Waals surface area contributed by atoms with E-state index < -0.39 is 10.3 Å². The van der Waals surface area contributed by atoms with Crippen molar-refractivity contribution in [1.29, 1.82) is 0 Å². The van der Waals surface area contributed by atoms with Crippen LogP contribution in [0.4, 0.5) is 0 Å². The zero-order valence-electron chi connectivity index (χ0n) is 10.7. The summed E-state index contributed by atoms with van der Waals surface area (Å²) < 4.78 is 31.1. The monoisotopic (exact) mass is 245 g/mol. The molecule has 0 saturated carbocycles. The fourth-order valence-electron chi connectivity index (χ4n) is 1.41. The summed E-state index contributed by atoms with van der Waals surface area (Å²) in [5.41, 5.74) is 0.277. The Balaban J connectivity index is 3.40. The molecule has 1 aliphatic rings. The molecule has 0 bridgehead atoms. The molecule has 0 fully saturated rings. The third kappa shape index (κ3) is 2.84. The summed E-state index contributed by atoms with van der Waals surface area (Å²) in [4.78, 5) is 0. The zero-order valence-corrected chi connectivity index (χ0v) is 11.5. The van der Waals surface area contributed by atoms with Crippen molar-refractivity contribution in [2.45, 2.75) is 41.5 Å². The lowest BCUT2D eigenvalue weighted by atomic mass is 9.80. The molecule has 0 N–H and O–H groups in total. The van der Waals surface area contributed by atoms with Crippen LogP contribution in [-0.4, -0.2) is 14.6 Å². The van der Waals surface area contributed by atoms with Gasteiger partial charge in [0, 0.05) is 11.0 Å². The summed E-state index contributed by atoms with van der Waals surface area (Å²) in [7, 11) is -3.80. The molecule has 0 aliphatic carbocycles. The van der Waals surface area contributed by atoms with E-state index in [1.807, 2.05) is 41.5 Å². The molecule has 1 heterocycles. The highest BCUT2D eigenvalue weighted by Gasteiger charge is 2.34. The minimum atomic E-state index is -3.80. The molecule has 0 aromatic carbocycles. The van der Waals surface area contributed by atoms with Crippen LogP contribution in [-0.2, 0) is 14.5 Å². The quantitative estimate of drug-likeness (QED) is 0.659. The van der Waals surface area contributed by atoms with Crippen LogP contribution in [0.15, 0.2) is 15.7 Å². The molecule has 92 valence electrons. The molecule has 0 saturated heterocycles. The van der Waals surface area contributed by atoms with Crippen molar-refractivity contribution in [2.75, 3.05) is 0 Å². The lowest BCUT2D eigenvalue weighted by molar-refractivity contribution is 0.278. The number of rotatable bonds is 0. The molecule has 0 aromatic rings. The lowest BCUT2D eigenvalue weighted by Gasteiger charge is -2.31. The Morgan fingerprint density at radius 3 is 1.94 bits per heavy atom. The molecule has 0 atom stereocenters. The molecular formula is C11H19NO3S. The summed E-state index contributed by atoms with van der Waals surface area (Å²) in [5, 5.41) is 0. The molecule has 0 spiro atoms. The Bertz CT molecular complexity index is 445. The van der Waals surface area contributed by atoms with Crippen molar-refractivity contribution in [3.63, 3.8) is 0 Å². The third-order valence-electron chi connectivity index (χ3n) is 2.23. The topological polar surface area (TPSA) is 55.7 Å². The normalized spacial score (nSPS) is 20.9. The van der Waals surface area contributed by atoms with E-state index in [1.54, 1.807) is 0 Å². The predicted octanol–water partition coefficient (Wildman–Crippen LogP) is 2.68. The third-order valence-corrected chi connectivity index (χ3v) is 2.97. The highest BCUT2D eigenvalue weighted by atomic mass is 32.2. The van der Waals surface area contributed by atoms with Gasteiger partial charge in [0.15, 0.2) is 0 Å². The van der Waals surface area contributed by atoms with E-state index in [-0.39, 0.29) is 10.8 Å². The second-order valence-corrected chi connectivity index (χ2v) is 7.22. The van der Waals surface area contributed by atoms with E-state index >= 15 is 0 Å². The molecule has 1 rings (SSSR count). The van der Waals surface area contributed by atoms with Crippen LogP contribution in [0, 0.1) is 10.8 Å². The second-order valence-electron chi connectivity index (χ2n) is 5.99. The van der Waals surface area contributed by atoms with Gasteiger partial charge < -0.3 is 4.18 Å². The van der Waals surface area contributed by atoms with Gasteiger partial charge >= 0.3 is 10.3 Å². The van der Waals surface area contributed by atoms with Gasteiger partial charge in [-0.25, -0.2) is 0 Å². The van der Waals surface area contributed by atoms with Crippen molar-refractivity contribution >= 4 is 16.5 Å². The summed E-state index contributed by atoms with van der Waals surface area (Å²) in [5.74, 6) is 0.481. The summed E-state index contributed by atoms with van der Waals surface area (Å²) in [6.45, 7) is 11.8. The van der Waals surface area contributed by atoms with Gasteiger partial charge in [-0.05, 0) is 5.41 Å². The van der Waals surface area contributed by atoms with E-state index in [0.717, 1.165) is 5.57 Å². The second kappa shape index (κ2) is 3.58. The SMILES string of the molecule is CC(C)(C)C1=C(C(C)(C)C)OS(=O)(=O)N=C1. The number of nitrogens with zero attached hydrogens (tertiary/aromatic N) is 1. The standard InChI is InChI=1S/C11H19NO3S/c1-10(2,3)8-7-12-16(13,14)15-9(8)11(4,5)6/h7H,1-6H3. The minimum Gasteiger partial charge on any atom is -0.369 e. The van der Waals surface area contributed by atoms with Crippen LogP contribution in [0.3, 0.4) is 0 Å². The molecule has 4 nitrogen and oxygen atoms in total. The fourth-order valence-corrected chi connectivity index (χ4v) is 2.24. The average molecular weight is 245 g/mol. The summed E-state index contributed by atoms with van der Waals surface area (Å²) in [6.07, 6.45) is 1.40. The zero-order chi connectivity index (χ0) is 12.8. The van der Waals surface area contributed by atoms with Gasteiger partial charge in [-0.15, -0.1) is 4.40 Å². The van der Waals surface area contributed by atoms with Gasteiger partial charge in [0.2, 0.25) is 0 Å². The molecule has 5 heteroatoms. The van der Waals surface area contributed by atoms with Crippen LogP contribution in [0.25, 0.3) is 0 Å². The maximum absolute atomic E-state index is 11.3. The van der Waals surface area contributed by atoms with E-state index in [9.17, 15) is 8.42 Å². The van der Waals surface area contributed by atoms with Crippen molar-refractivity contribution in [3.8, 4) is 0 Å². The van der Waals surface area contributed by atoms with E-state index in [4.69, 9.17) is 4.18 Å². The van der Waals surface area contributed by atoms with Crippen LogP contribution >= 0.6 is 0 Å². The van der Waals surface area contributed by atoms with Gasteiger partial charge in [0.25, 0.3) is 0 Å². The first-order valence-corrected chi connectivity index (χ1v) is 6.55. The van der Waals surface area contributed by atoms with Gasteiger partial charge in [0.05, 0.1) is 6.21 Å². The Kier molecular flexibility index (Phi) is 2.96. The van der Waals surface area contributed by atoms with Crippen LogP contribution in [0.2, 0.25) is 0 Å². The lowest BCUT2D eigenvalue weighted by Crippen LogP contribution is -2.27. The maximum Gasteiger partial charge on any atom is 0.428 e. The fraction of sp³-hybridized carbons (Fsp3) is 0.727. The molecule has 0 unspecified atom stereocenters. The first-order chi connectivity index (χ1) is 6.93. The van der Waals surface area contributed by atoms with Crippen LogP contribution in [0.1, 0.15) is 41.5 Å². The molecule has 16 heavy (non-hydrogen) atoms. The Hall–Kier alpha value is -0.840. The Morgan fingerprint density at radius 2 is 1.56 bits per heavy atom. The summed E-state index contributed by atoms with van der Waals surface area (Å²) in [6, 6.07) is 0. The van der Waals surface area contributed by atoms with Gasteiger partial charge in [0.1, 0.15) is 5.76 Å². The molecule has 0 amide bonds. The average Bonchev–Trinajstić information content (AvgIpc) is 1.97. The van der Waals surface area contributed by atoms with Gasteiger partial charge in [-0.2, -0.15) is 8.42 Å². The smallest absolute Gasteiger partial charge is 0.369 e. The van der Waals surface area contributed by atoms with Crippen molar-refractivity contribution in [1.82, 2.24) is 0 Å². The van der Waals surface area contributed by atoms with Crippen molar-refractivity contribution < 1.29 is 12.6 Å². The Morgan fingerprint density at radius 1 is 1.06 bits per heavy atom. The number of hydrogen-bond donors (Lipinski definition) is 0. The molecular weight excluding hydrogens is 226 g/mol. The van der Waals surface area contributed by atoms with Crippen molar-refractivity contribution in [3.05, 3.63) is 11.3 Å². The molecule has 1 aliphatic heterocycles. The number of hydrogen-bond acceptors (Lipinski definition) is 3. The molecule has 0 aromatic heterocycles. The highest BCUT2D eigenvalue weighted by molar-refractivity contribution is 7.85. The van der Waals surface area contributed by atoms with E-state index in [1.165, 1.54) is 6.21 Å². The minimum absolute atomic E-state index is 0.192. The van der Waals surface area contributed by atoms with E-state index in [2.05, 4.69) is 4.40 Å². The number of allylic oxidation sites excluding steroid dienone is 2. The van der Waals surface area contributed by atoms with Crippen molar-refractivity contribution in [2.24, 2.45) is 15.2 Å². The predicted molar refractivity (Wildman–Crippen MR) is 64.4 cm³/mol. The highest BCUT2D eigenvalue weighted by Crippen LogP contribution is 2.39. The first-order valence-electron chi connectivity index (χ1n) is 5.18. The van der Waals surface area contributed by atoms with Gasteiger partial charge in [-0.3, -0.25) is 0 Å². The van der Waals surface area contributed by atoms with Crippen LogP contribution in [0.5, 0.6) is 0 Å². The molecule has 0 radical (unpaired) electrons. The first kappa shape index (κ1) is 13.2. The van der Waals surface area contributed by atoms with Gasteiger partial charge in [-0.1, -0.05) is 41.5 Å². The summed E-state index contributed by atoms with van der Waals surface area (Å²) >= 11 is 0. The van der Waals surface area contributed by atoms with E-state index in [0.29, 0.717) is 5.76 Å². The Labute approximate surface area is 97.7 Å².